The fourth-order valence-corrected chi connectivity index (χ4v) is 6.01. The fraction of sp³-hybridized carbons (Fsp3) is 0.129. The lowest BCUT2D eigenvalue weighted by molar-refractivity contribution is -2.00. The molecule has 198 valence electrons. The summed E-state index contributed by atoms with van der Waals surface area (Å²) < 4.78 is 44.2. The van der Waals surface area contributed by atoms with Crippen molar-refractivity contribution in [1.29, 1.82) is 0 Å². The molecule has 0 fully saturated rings. The summed E-state index contributed by atoms with van der Waals surface area (Å²) >= 11 is 1.86. The van der Waals surface area contributed by atoms with E-state index in [0.717, 1.165) is 42.0 Å². The van der Waals surface area contributed by atoms with Crippen molar-refractivity contribution in [2.45, 2.75) is 26.3 Å². The van der Waals surface area contributed by atoms with Gasteiger partial charge in [-0.25, -0.2) is 18.6 Å². The lowest BCUT2D eigenvalue weighted by atomic mass is 9.97. The van der Waals surface area contributed by atoms with Gasteiger partial charge in [-0.05, 0) is 43.1 Å². The normalized spacial score (nSPS) is 15.3. The average molecular weight is 560 g/mol. The second-order valence-electron chi connectivity index (χ2n) is 8.95. The van der Waals surface area contributed by atoms with Gasteiger partial charge in [0.2, 0.25) is 5.52 Å². The van der Waals surface area contributed by atoms with Gasteiger partial charge in [0.25, 0.3) is 5.01 Å². The highest BCUT2D eigenvalue weighted by atomic mass is 35.7. The molecular weight excluding hydrogens is 534 g/mol. The molecule has 1 aliphatic heterocycles. The largest absolute Gasteiger partial charge is 0.456 e. The minimum atomic E-state index is -4.94. The van der Waals surface area contributed by atoms with Gasteiger partial charge in [0.05, 0.1) is 0 Å². The Morgan fingerprint density at radius 3 is 2.10 bits per heavy atom. The van der Waals surface area contributed by atoms with Crippen molar-refractivity contribution in [2.24, 2.45) is 0 Å². The first-order valence-electron chi connectivity index (χ1n) is 12.5. The molecule has 0 spiro atoms. The van der Waals surface area contributed by atoms with Crippen LogP contribution in [0.2, 0.25) is 0 Å². The summed E-state index contributed by atoms with van der Waals surface area (Å²) in [4.78, 5) is 0. The van der Waals surface area contributed by atoms with Gasteiger partial charge in [0.1, 0.15) is 22.8 Å². The highest BCUT2D eigenvalue weighted by molar-refractivity contribution is 7.18. The maximum atomic E-state index is 8.49. The van der Waals surface area contributed by atoms with Crippen LogP contribution in [0, 0.1) is 10.2 Å². The predicted octanol–water partition coefficient (Wildman–Crippen LogP) is 3.04. The number of fused-ring (bicyclic) bond motifs is 2. The molecule has 39 heavy (non-hydrogen) atoms. The first kappa shape index (κ1) is 27.0. The predicted molar refractivity (Wildman–Crippen MR) is 142 cm³/mol. The number of allylic oxidation sites excluding steroid dienone is 5. The molecule has 0 saturated carbocycles. The molecule has 0 N–H and O–H groups in total. The minimum Gasteiger partial charge on any atom is -0.456 e. The molecule has 0 unspecified atom stereocenters. The van der Waals surface area contributed by atoms with Gasteiger partial charge in [-0.3, -0.25) is 0 Å². The zero-order valence-electron chi connectivity index (χ0n) is 21.2. The lowest BCUT2D eigenvalue weighted by Crippen LogP contribution is -2.68. The van der Waals surface area contributed by atoms with Crippen LogP contribution in [0.15, 0.2) is 114 Å². The molecule has 2 aliphatic rings. The number of benzene rings is 3. The van der Waals surface area contributed by atoms with Crippen LogP contribution in [0.3, 0.4) is 0 Å². The molecule has 0 radical (unpaired) electrons. The Kier molecular flexibility index (Phi) is 8.09. The van der Waals surface area contributed by atoms with Gasteiger partial charge >= 0.3 is 0 Å². The van der Waals surface area contributed by atoms with Crippen molar-refractivity contribution < 1.29 is 38.2 Å². The number of thiazole rings is 1. The number of aromatic nitrogens is 1. The molecule has 0 amide bonds. The van der Waals surface area contributed by atoms with E-state index in [1.54, 1.807) is 0 Å². The number of hydrogen-bond donors (Lipinski definition) is 0. The molecule has 4 aromatic rings. The van der Waals surface area contributed by atoms with E-state index in [1.807, 2.05) is 17.4 Å². The topological polar surface area (TPSA) is 105 Å². The van der Waals surface area contributed by atoms with Crippen molar-refractivity contribution in [1.82, 2.24) is 0 Å². The van der Waals surface area contributed by atoms with Gasteiger partial charge < -0.3 is 4.74 Å². The summed E-state index contributed by atoms with van der Waals surface area (Å²) in [5, 5.41) is 1.29. The maximum Gasteiger partial charge on any atom is 0.262 e. The van der Waals surface area contributed by atoms with Crippen molar-refractivity contribution in [3.63, 3.8) is 0 Å². The molecule has 2 heterocycles. The third-order valence-electron chi connectivity index (χ3n) is 6.55. The Hall–Kier alpha value is -3.56. The van der Waals surface area contributed by atoms with Gasteiger partial charge in [-0.15, -0.1) is 10.2 Å². The zero-order valence-corrected chi connectivity index (χ0v) is 22.8. The van der Waals surface area contributed by atoms with Crippen molar-refractivity contribution in [2.75, 3.05) is 0 Å². The van der Waals surface area contributed by atoms with Gasteiger partial charge in [-0.2, -0.15) is 4.57 Å². The van der Waals surface area contributed by atoms with Crippen LogP contribution in [-0.2, 0) is 11.3 Å². The fourth-order valence-electron chi connectivity index (χ4n) is 4.89. The van der Waals surface area contributed by atoms with E-state index < -0.39 is 10.2 Å². The summed E-state index contributed by atoms with van der Waals surface area (Å²) in [6, 6.07) is 29.6. The van der Waals surface area contributed by atoms with E-state index in [2.05, 4.69) is 109 Å². The first-order valence-corrected chi connectivity index (χ1v) is 14.5. The second-order valence-corrected chi connectivity index (χ2v) is 10.8. The number of nitrogens with zero attached hydrogens (tertiary/aromatic N) is 1. The summed E-state index contributed by atoms with van der Waals surface area (Å²) in [5.74, 6) is 1.90. The maximum absolute atomic E-state index is 8.49. The molecule has 6 rings (SSSR count). The molecule has 8 heteroatoms. The molecule has 1 aromatic heterocycles. The van der Waals surface area contributed by atoms with Crippen molar-refractivity contribution in [3.05, 3.63) is 130 Å². The first-order chi connectivity index (χ1) is 18.8. The van der Waals surface area contributed by atoms with Crippen molar-refractivity contribution >= 4 is 39.1 Å². The molecule has 1 aliphatic carbocycles. The summed E-state index contributed by atoms with van der Waals surface area (Å²) in [6.45, 7) is 3.18. The van der Waals surface area contributed by atoms with Crippen molar-refractivity contribution in [3.8, 4) is 0 Å². The van der Waals surface area contributed by atoms with E-state index in [-0.39, 0.29) is 0 Å². The third kappa shape index (κ3) is 6.37. The average Bonchev–Trinajstić information content (AvgIpc) is 3.52. The van der Waals surface area contributed by atoms with Crippen LogP contribution in [0.5, 0.6) is 0 Å². The molecular formula is C31H26ClNO5S. The van der Waals surface area contributed by atoms with E-state index in [0.29, 0.717) is 0 Å². The van der Waals surface area contributed by atoms with Crippen LogP contribution in [0.25, 0.3) is 27.8 Å². The number of aryl methyl sites for hydroxylation is 1. The second kappa shape index (κ2) is 11.7. The number of rotatable bonds is 5. The van der Waals surface area contributed by atoms with Crippen LogP contribution in [0.4, 0.5) is 0 Å². The van der Waals surface area contributed by atoms with E-state index in [1.165, 1.54) is 31.9 Å². The standard InChI is InChI=1S/C31H26NOS.ClHO4/c1-2-32-27-15-9-10-16-29(27)34-30(32)20-18-22-17-19-25-26(22)21-28(23-11-5-3-6-12-23)33-31(25)24-13-7-4-8-14-24;2-1(3,4)5/h3-16,18,20-21H,2,17,19H2,1H3;(H,2,3,4,5)/q+1;/p-1/b20-18+;. The molecule has 0 atom stereocenters. The SMILES string of the molecule is CC[n+]1c(/C=C/C2=C3C=C(c4ccccc4)OC(c4ccccc4)=C3CC2)sc2ccccc21.[O-][Cl+3]([O-])([O-])[O-]. The van der Waals surface area contributed by atoms with E-state index >= 15 is 0 Å². The monoisotopic (exact) mass is 559 g/mol. The highest BCUT2D eigenvalue weighted by Gasteiger charge is 2.28. The quantitative estimate of drug-likeness (QED) is 0.349. The summed E-state index contributed by atoms with van der Waals surface area (Å²) in [6.07, 6.45) is 8.89. The Balaban J connectivity index is 0.000000567. The van der Waals surface area contributed by atoms with Crippen LogP contribution >= 0.6 is 11.3 Å². The molecule has 0 bridgehead atoms. The van der Waals surface area contributed by atoms with Gasteiger partial charge in [-0.1, -0.05) is 90.2 Å². The Bertz CT molecular complexity index is 1590. The molecule has 6 nitrogen and oxygen atoms in total. The number of halogens is 1. The number of hydrogen-bond acceptors (Lipinski definition) is 6. The van der Waals surface area contributed by atoms with E-state index in [9.17, 15) is 0 Å². The highest BCUT2D eigenvalue weighted by Crippen LogP contribution is 2.45. The van der Waals surface area contributed by atoms with E-state index in [4.69, 9.17) is 23.4 Å². The Labute approximate surface area is 233 Å². The number of ether oxygens (including phenoxy) is 1. The van der Waals surface area contributed by atoms with Crippen LogP contribution in [-0.4, -0.2) is 0 Å². The molecule has 0 saturated heterocycles. The minimum absolute atomic E-state index is 0.913. The summed E-state index contributed by atoms with van der Waals surface area (Å²) in [7, 11) is -4.94. The molecule has 3 aromatic carbocycles. The Morgan fingerprint density at radius 2 is 1.44 bits per heavy atom. The zero-order chi connectivity index (χ0) is 27.4. The van der Waals surface area contributed by atoms with Gasteiger partial charge in [0.15, 0.2) is 0 Å². The Morgan fingerprint density at radius 1 is 0.821 bits per heavy atom. The number of para-hydroxylation sites is 1. The smallest absolute Gasteiger partial charge is 0.262 e. The lowest BCUT2D eigenvalue weighted by Gasteiger charge is -2.22. The summed E-state index contributed by atoms with van der Waals surface area (Å²) in [5.41, 5.74) is 7.54. The third-order valence-corrected chi connectivity index (χ3v) is 7.68. The van der Waals surface area contributed by atoms with Gasteiger partial charge in [0, 0.05) is 28.8 Å². The van der Waals surface area contributed by atoms with Crippen LogP contribution < -0.4 is 23.2 Å². The van der Waals surface area contributed by atoms with Crippen LogP contribution in [0.1, 0.15) is 35.9 Å².